The second-order valence-electron chi connectivity index (χ2n) is 13.3. The normalized spacial score (nSPS) is 17.9. The largest absolute Gasteiger partial charge is 0.391 e. The number of aromatic amines is 1. The van der Waals surface area contributed by atoms with Gasteiger partial charge in [0.2, 0.25) is 11.8 Å². The van der Waals surface area contributed by atoms with Gasteiger partial charge in [-0.25, -0.2) is 13.4 Å². The van der Waals surface area contributed by atoms with E-state index in [4.69, 9.17) is 0 Å². The molecule has 1 aromatic heterocycles. The maximum atomic E-state index is 13.9. The van der Waals surface area contributed by atoms with E-state index in [1.54, 1.807) is 33.9 Å². The maximum absolute atomic E-state index is 13.9. The van der Waals surface area contributed by atoms with E-state index in [0.29, 0.717) is 18.0 Å². The number of aliphatic hydroxyl groups excluding tert-OH is 1. The van der Waals surface area contributed by atoms with Gasteiger partial charge in [-0.2, -0.15) is 5.26 Å². The topological polar surface area (TPSA) is 165 Å². The summed E-state index contributed by atoms with van der Waals surface area (Å²) >= 11 is 0. The molecule has 2 unspecified atom stereocenters. The van der Waals surface area contributed by atoms with Gasteiger partial charge in [0.25, 0.3) is 0 Å². The van der Waals surface area contributed by atoms with Crippen molar-refractivity contribution in [3.63, 3.8) is 0 Å². The Kier molecular flexibility index (Phi) is 13.0. The van der Waals surface area contributed by atoms with Gasteiger partial charge in [-0.3, -0.25) is 9.59 Å². The molecule has 242 valence electrons. The van der Waals surface area contributed by atoms with Gasteiger partial charge >= 0.3 is 0 Å². The standard InChI is InChI=1S/C33H49N5O5S/c1-23(19-34)15-30(39)28(17-25-13-9-6-10-14-25)37-32(41)29(18-27-20-35-22-36-27)38-31(40)26(16-24-11-7-5-8-12-24)21-44(42,43)33(2,3)4/h5,7-8,11-12,20,22-23,25-26,28-30,39H,6,9-10,13-18,21H2,1-4H3,(H,35,36)(H,37,41)(H,38,40)/t23-,26?,28-,29?,30-/m0/s1. The molecule has 1 saturated carbocycles. The smallest absolute Gasteiger partial charge is 0.243 e. The van der Waals surface area contributed by atoms with Crippen LogP contribution in [0.2, 0.25) is 0 Å². The summed E-state index contributed by atoms with van der Waals surface area (Å²) in [7, 11) is -3.67. The number of H-pyrrole nitrogens is 1. The van der Waals surface area contributed by atoms with E-state index < -0.39 is 50.5 Å². The molecule has 0 bridgehead atoms. The molecular weight excluding hydrogens is 578 g/mol. The van der Waals surface area contributed by atoms with Crippen molar-refractivity contribution in [3.05, 3.63) is 54.1 Å². The molecular formula is C33H49N5O5S. The van der Waals surface area contributed by atoms with Crippen LogP contribution in [0.15, 0.2) is 42.9 Å². The van der Waals surface area contributed by atoms with Crippen LogP contribution < -0.4 is 10.6 Å². The highest BCUT2D eigenvalue weighted by Gasteiger charge is 2.36. The number of nitrogens with zero attached hydrogens (tertiary/aromatic N) is 2. The molecule has 4 N–H and O–H groups in total. The van der Waals surface area contributed by atoms with Gasteiger partial charge in [0.1, 0.15) is 6.04 Å². The van der Waals surface area contributed by atoms with Gasteiger partial charge in [0.15, 0.2) is 9.84 Å². The SMILES string of the molecule is C[C@H](C#N)C[C@H](O)[C@H](CC1CCCCC1)NC(=O)C(Cc1cnc[nH]1)NC(=O)C(Cc1ccccc1)CS(=O)(=O)C(C)(C)C. The molecule has 1 fully saturated rings. The minimum absolute atomic E-state index is 0.0997. The van der Waals surface area contributed by atoms with E-state index in [0.717, 1.165) is 31.2 Å². The molecule has 1 aliphatic rings. The van der Waals surface area contributed by atoms with Crippen molar-refractivity contribution < 1.29 is 23.1 Å². The van der Waals surface area contributed by atoms with Crippen LogP contribution in [0.3, 0.4) is 0 Å². The maximum Gasteiger partial charge on any atom is 0.243 e. The predicted octanol–water partition coefficient (Wildman–Crippen LogP) is 3.88. The number of aliphatic hydroxyl groups is 1. The number of rotatable bonds is 15. The van der Waals surface area contributed by atoms with Crippen molar-refractivity contribution in [1.29, 1.82) is 5.26 Å². The van der Waals surface area contributed by atoms with Crippen LogP contribution in [0.1, 0.15) is 83.9 Å². The number of nitrogens with one attached hydrogen (secondary N) is 3. The molecule has 44 heavy (non-hydrogen) atoms. The van der Waals surface area contributed by atoms with E-state index in [9.17, 15) is 28.4 Å². The molecule has 1 heterocycles. The van der Waals surface area contributed by atoms with E-state index in [2.05, 4.69) is 26.7 Å². The van der Waals surface area contributed by atoms with Crippen molar-refractivity contribution in [2.24, 2.45) is 17.8 Å². The van der Waals surface area contributed by atoms with E-state index in [1.165, 1.54) is 12.7 Å². The van der Waals surface area contributed by atoms with Crippen LogP contribution in [-0.2, 0) is 32.3 Å². The minimum atomic E-state index is -3.67. The summed E-state index contributed by atoms with van der Waals surface area (Å²) in [5.74, 6) is -2.36. The van der Waals surface area contributed by atoms with Crippen molar-refractivity contribution >= 4 is 21.7 Å². The molecule has 2 aromatic rings. The number of carbonyl (C=O) groups excluding carboxylic acids is 2. The van der Waals surface area contributed by atoms with Gasteiger partial charge in [-0.1, -0.05) is 62.4 Å². The Labute approximate surface area is 262 Å². The van der Waals surface area contributed by atoms with Crippen molar-refractivity contribution in [2.75, 3.05) is 5.75 Å². The molecule has 0 saturated heterocycles. The molecule has 3 rings (SSSR count). The summed E-state index contributed by atoms with van der Waals surface area (Å²) in [6.07, 6.45) is 8.64. The highest BCUT2D eigenvalue weighted by atomic mass is 32.2. The lowest BCUT2D eigenvalue weighted by Gasteiger charge is -2.32. The highest BCUT2D eigenvalue weighted by molar-refractivity contribution is 7.92. The predicted molar refractivity (Wildman–Crippen MR) is 170 cm³/mol. The lowest BCUT2D eigenvalue weighted by Crippen LogP contribution is -2.55. The first-order valence-corrected chi connectivity index (χ1v) is 17.4. The molecule has 5 atom stereocenters. The van der Waals surface area contributed by atoms with Gasteiger partial charge < -0.3 is 20.7 Å². The Morgan fingerprint density at radius 3 is 2.36 bits per heavy atom. The third-order valence-corrected chi connectivity index (χ3v) is 11.3. The van der Waals surface area contributed by atoms with Gasteiger partial charge in [-0.05, 0) is 58.4 Å². The number of amides is 2. The Morgan fingerprint density at radius 2 is 1.77 bits per heavy atom. The third-order valence-electron chi connectivity index (χ3n) is 8.58. The van der Waals surface area contributed by atoms with E-state index in [1.807, 2.05) is 30.3 Å². The highest BCUT2D eigenvalue weighted by Crippen LogP contribution is 2.29. The molecule has 11 heteroatoms. The molecule has 10 nitrogen and oxygen atoms in total. The monoisotopic (exact) mass is 627 g/mol. The number of benzene rings is 1. The van der Waals surface area contributed by atoms with Crippen LogP contribution in [-0.4, -0.2) is 64.0 Å². The molecule has 1 aromatic carbocycles. The van der Waals surface area contributed by atoms with Crippen LogP contribution >= 0.6 is 0 Å². The van der Waals surface area contributed by atoms with Gasteiger partial charge in [0, 0.05) is 24.2 Å². The zero-order valence-electron chi connectivity index (χ0n) is 26.5. The Bertz CT molecular complexity index is 1330. The number of imidazole rings is 1. The van der Waals surface area contributed by atoms with Crippen LogP contribution in [0.5, 0.6) is 0 Å². The average molecular weight is 628 g/mol. The van der Waals surface area contributed by atoms with Crippen LogP contribution in [0.4, 0.5) is 0 Å². The fourth-order valence-electron chi connectivity index (χ4n) is 5.71. The molecule has 0 radical (unpaired) electrons. The molecule has 0 aliphatic heterocycles. The summed E-state index contributed by atoms with van der Waals surface area (Å²) < 4.78 is 25.4. The second kappa shape index (κ2) is 16.2. The summed E-state index contributed by atoms with van der Waals surface area (Å²) in [6.45, 7) is 6.57. The minimum Gasteiger partial charge on any atom is -0.391 e. The Balaban J connectivity index is 1.86. The van der Waals surface area contributed by atoms with Gasteiger partial charge in [0.05, 0.1) is 41.0 Å². The molecule has 2 amide bonds. The summed E-state index contributed by atoms with van der Waals surface area (Å²) in [4.78, 5) is 34.8. The van der Waals surface area contributed by atoms with Gasteiger partial charge in [-0.15, -0.1) is 0 Å². The number of nitriles is 1. The average Bonchev–Trinajstić information content (AvgIpc) is 3.49. The fourth-order valence-corrected chi connectivity index (χ4v) is 7.01. The number of hydrogen-bond acceptors (Lipinski definition) is 7. The summed E-state index contributed by atoms with van der Waals surface area (Å²) in [6, 6.07) is 9.73. The van der Waals surface area contributed by atoms with Crippen LogP contribution in [0.25, 0.3) is 0 Å². The zero-order valence-corrected chi connectivity index (χ0v) is 27.3. The number of carbonyl (C=O) groups is 2. The third kappa shape index (κ3) is 10.7. The van der Waals surface area contributed by atoms with Crippen molar-refractivity contribution in [2.45, 2.75) is 108 Å². The number of hydrogen-bond donors (Lipinski definition) is 4. The first kappa shape index (κ1) is 35.3. The Hall–Kier alpha value is -3.23. The van der Waals surface area contributed by atoms with E-state index >= 15 is 0 Å². The fraction of sp³-hybridized carbons (Fsp3) is 0.636. The second-order valence-corrected chi connectivity index (χ2v) is 16.1. The molecule has 0 spiro atoms. The zero-order chi connectivity index (χ0) is 32.3. The van der Waals surface area contributed by atoms with E-state index in [-0.39, 0.29) is 30.9 Å². The number of sulfone groups is 1. The quantitative estimate of drug-likeness (QED) is 0.233. The lowest BCUT2D eigenvalue weighted by atomic mass is 9.82. The van der Waals surface area contributed by atoms with Crippen LogP contribution in [0, 0.1) is 29.1 Å². The lowest BCUT2D eigenvalue weighted by molar-refractivity contribution is -0.131. The first-order valence-electron chi connectivity index (χ1n) is 15.7. The van der Waals surface area contributed by atoms with Crippen molar-refractivity contribution in [1.82, 2.24) is 20.6 Å². The first-order chi connectivity index (χ1) is 20.8. The number of aromatic nitrogens is 2. The molecule has 1 aliphatic carbocycles. The summed E-state index contributed by atoms with van der Waals surface area (Å²) in [5, 5.41) is 26.3. The van der Waals surface area contributed by atoms with Crippen molar-refractivity contribution in [3.8, 4) is 6.07 Å². The summed E-state index contributed by atoms with van der Waals surface area (Å²) in [5.41, 5.74) is 1.43. The Morgan fingerprint density at radius 1 is 1.09 bits per heavy atom.